The minimum atomic E-state index is -2.58. The van der Waals surface area contributed by atoms with E-state index in [4.69, 9.17) is 0 Å². The Morgan fingerprint density at radius 1 is 1.60 bits per heavy atom. The maximum absolute atomic E-state index is 11.6. The van der Waals surface area contributed by atoms with E-state index in [0.29, 0.717) is 19.3 Å². The highest BCUT2D eigenvalue weighted by molar-refractivity contribution is 7.40. The second-order valence-electron chi connectivity index (χ2n) is 4.31. The van der Waals surface area contributed by atoms with Crippen molar-refractivity contribution in [3.63, 3.8) is 0 Å². The van der Waals surface area contributed by atoms with E-state index < -0.39 is 13.2 Å². The summed E-state index contributed by atoms with van der Waals surface area (Å²) in [6.07, 6.45) is 5.16. The fourth-order valence-electron chi connectivity index (χ4n) is 2.48. The third kappa shape index (κ3) is 2.52. The van der Waals surface area contributed by atoms with Gasteiger partial charge in [0, 0.05) is 0 Å². The van der Waals surface area contributed by atoms with Gasteiger partial charge < -0.3 is 10.00 Å². The lowest BCUT2D eigenvalue weighted by molar-refractivity contribution is 0.185. The molecule has 0 fully saturated rings. The maximum atomic E-state index is 11.6. The molecule has 0 aromatic carbocycles. The second-order valence-corrected chi connectivity index (χ2v) is 5.88. The average molecular weight is 232 g/mol. The Bertz CT molecular complexity index is 275. The highest BCUT2D eigenvalue weighted by Gasteiger charge is 2.39. The minimum Gasteiger partial charge on any atom is -0.392 e. The molecule has 2 N–H and O–H groups in total. The summed E-state index contributed by atoms with van der Waals surface area (Å²) in [4.78, 5) is 9.56. The second kappa shape index (κ2) is 5.29. The molecule has 0 aliphatic heterocycles. The summed E-state index contributed by atoms with van der Waals surface area (Å²) in [5.41, 5.74) is 1.01. The molecule has 88 valence electrons. The quantitative estimate of drug-likeness (QED) is 0.565. The summed E-state index contributed by atoms with van der Waals surface area (Å²) in [7, 11) is -2.58. The lowest BCUT2D eigenvalue weighted by Crippen LogP contribution is -2.26. The van der Waals surface area contributed by atoms with E-state index in [9.17, 15) is 14.6 Å². The molecule has 3 atom stereocenters. The first-order chi connectivity index (χ1) is 7.06. The van der Waals surface area contributed by atoms with Gasteiger partial charge in [-0.3, -0.25) is 4.57 Å². The zero-order chi connectivity index (χ0) is 11.5. The first-order valence-electron chi connectivity index (χ1n) is 5.67. The average Bonchev–Trinajstić information content (AvgIpc) is 2.61. The fraction of sp³-hybridized carbons (Fsp3) is 0.818. The van der Waals surface area contributed by atoms with Gasteiger partial charge in [0.1, 0.15) is 0 Å². The Kier molecular flexibility index (Phi) is 4.57. The van der Waals surface area contributed by atoms with Gasteiger partial charge >= 0.3 is 0 Å². The molecule has 0 radical (unpaired) electrons. The third-order valence-electron chi connectivity index (χ3n) is 3.40. The number of hydrogen-bond acceptors (Lipinski definition) is 2. The molecule has 4 heteroatoms. The molecular formula is C11H21O3P. The number of hydrogen-bond donors (Lipinski definition) is 2. The van der Waals surface area contributed by atoms with Crippen molar-refractivity contribution in [2.75, 3.05) is 0 Å². The van der Waals surface area contributed by atoms with Gasteiger partial charge in [0.15, 0.2) is 8.03 Å². The van der Waals surface area contributed by atoms with Crippen molar-refractivity contribution >= 4 is 8.03 Å². The Labute approximate surface area is 92.1 Å². The van der Waals surface area contributed by atoms with Crippen LogP contribution < -0.4 is 0 Å². The molecule has 0 bridgehead atoms. The zero-order valence-corrected chi connectivity index (χ0v) is 10.5. The van der Waals surface area contributed by atoms with E-state index in [1.54, 1.807) is 0 Å². The molecule has 0 amide bonds. The van der Waals surface area contributed by atoms with Crippen LogP contribution in [0.3, 0.4) is 0 Å². The summed E-state index contributed by atoms with van der Waals surface area (Å²) < 4.78 is 11.6. The minimum absolute atomic E-state index is 0.343. The highest BCUT2D eigenvalue weighted by Crippen LogP contribution is 2.50. The monoisotopic (exact) mass is 232 g/mol. The Morgan fingerprint density at radius 3 is 2.60 bits per heavy atom. The molecule has 1 aliphatic rings. The van der Waals surface area contributed by atoms with Crippen molar-refractivity contribution in [3.05, 3.63) is 11.6 Å². The smallest absolute Gasteiger partial charge is 0.198 e. The van der Waals surface area contributed by atoms with Gasteiger partial charge in [-0.1, -0.05) is 31.9 Å². The van der Waals surface area contributed by atoms with E-state index in [0.717, 1.165) is 18.4 Å². The van der Waals surface area contributed by atoms with Crippen LogP contribution in [0.1, 0.15) is 46.0 Å². The Morgan fingerprint density at radius 2 is 2.27 bits per heavy atom. The van der Waals surface area contributed by atoms with Crippen LogP contribution in [0, 0.1) is 0 Å². The van der Waals surface area contributed by atoms with E-state index in [1.807, 2.05) is 19.9 Å². The van der Waals surface area contributed by atoms with Crippen LogP contribution in [0.25, 0.3) is 0 Å². The van der Waals surface area contributed by atoms with E-state index in [2.05, 4.69) is 0 Å². The SMILES string of the molecule is CCCC(CC)(C1=CCC(O)C1)[PH](=O)O. The van der Waals surface area contributed by atoms with Gasteiger partial charge in [-0.25, -0.2) is 0 Å². The van der Waals surface area contributed by atoms with E-state index in [1.165, 1.54) is 0 Å². The number of aliphatic hydroxyl groups is 1. The number of aliphatic hydroxyl groups excluding tert-OH is 1. The van der Waals surface area contributed by atoms with Gasteiger partial charge in [0.25, 0.3) is 0 Å². The van der Waals surface area contributed by atoms with Crippen LogP contribution in [0.5, 0.6) is 0 Å². The van der Waals surface area contributed by atoms with Gasteiger partial charge in [-0.15, -0.1) is 0 Å². The van der Waals surface area contributed by atoms with Gasteiger partial charge in [0.2, 0.25) is 0 Å². The summed E-state index contributed by atoms with van der Waals surface area (Å²) in [5, 5.41) is 8.94. The normalized spacial score (nSPS) is 27.2. The van der Waals surface area contributed by atoms with E-state index >= 15 is 0 Å². The van der Waals surface area contributed by atoms with Gasteiger partial charge in [0.05, 0.1) is 11.3 Å². The molecule has 3 nitrogen and oxygen atoms in total. The Balaban J connectivity index is 2.94. The van der Waals surface area contributed by atoms with E-state index in [-0.39, 0.29) is 6.10 Å². The van der Waals surface area contributed by atoms with Crippen molar-refractivity contribution < 1.29 is 14.6 Å². The van der Waals surface area contributed by atoms with Crippen LogP contribution in [-0.4, -0.2) is 21.3 Å². The maximum Gasteiger partial charge on any atom is 0.198 e. The van der Waals surface area contributed by atoms with Crippen LogP contribution in [0.15, 0.2) is 11.6 Å². The molecule has 0 aromatic rings. The predicted octanol–water partition coefficient (Wildman–Crippen LogP) is 2.48. The predicted molar refractivity (Wildman–Crippen MR) is 62.5 cm³/mol. The first-order valence-corrected chi connectivity index (χ1v) is 7.03. The third-order valence-corrected chi connectivity index (χ3v) is 5.14. The van der Waals surface area contributed by atoms with Crippen molar-refractivity contribution in [1.82, 2.24) is 0 Å². The molecule has 0 saturated carbocycles. The molecule has 0 saturated heterocycles. The van der Waals surface area contributed by atoms with Gasteiger partial charge in [-0.2, -0.15) is 0 Å². The molecule has 0 spiro atoms. The van der Waals surface area contributed by atoms with Gasteiger partial charge in [-0.05, 0) is 25.7 Å². The first kappa shape index (κ1) is 13.0. The summed E-state index contributed by atoms with van der Waals surface area (Å²) in [6.45, 7) is 3.99. The molecule has 0 aromatic heterocycles. The molecule has 0 heterocycles. The van der Waals surface area contributed by atoms with Crippen molar-refractivity contribution in [3.8, 4) is 0 Å². The van der Waals surface area contributed by atoms with Crippen molar-refractivity contribution in [1.29, 1.82) is 0 Å². The highest BCUT2D eigenvalue weighted by atomic mass is 31.1. The lowest BCUT2D eigenvalue weighted by atomic mass is 9.90. The summed E-state index contributed by atoms with van der Waals surface area (Å²) in [5.74, 6) is 0. The van der Waals surface area contributed by atoms with Crippen molar-refractivity contribution in [2.45, 2.75) is 57.2 Å². The summed E-state index contributed by atoms with van der Waals surface area (Å²) in [6, 6.07) is 0. The van der Waals surface area contributed by atoms with Crippen LogP contribution in [0.2, 0.25) is 0 Å². The molecule has 15 heavy (non-hydrogen) atoms. The fourth-order valence-corrected chi connectivity index (χ4v) is 3.72. The molecule has 1 rings (SSSR count). The van der Waals surface area contributed by atoms with Crippen LogP contribution in [-0.2, 0) is 4.57 Å². The topological polar surface area (TPSA) is 57.5 Å². The molecular weight excluding hydrogens is 211 g/mol. The van der Waals surface area contributed by atoms with Crippen molar-refractivity contribution in [2.24, 2.45) is 0 Å². The Hall–Kier alpha value is -0.110. The molecule has 1 aliphatic carbocycles. The molecule has 3 unspecified atom stereocenters. The lowest BCUT2D eigenvalue weighted by Gasteiger charge is -2.31. The summed E-state index contributed by atoms with van der Waals surface area (Å²) >= 11 is 0. The largest absolute Gasteiger partial charge is 0.392 e. The zero-order valence-electron chi connectivity index (χ0n) is 9.49. The number of rotatable bonds is 5. The van der Waals surface area contributed by atoms with Crippen LogP contribution >= 0.6 is 8.03 Å². The van der Waals surface area contributed by atoms with Crippen LogP contribution in [0.4, 0.5) is 0 Å². The standard InChI is InChI=1S/C11H21O3P/c1-3-7-11(4-2,15(13)14)9-5-6-10(12)8-9/h5,10,12,15H,3-4,6-8H2,1-2H3,(H,13,14).